The van der Waals surface area contributed by atoms with Crippen LogP contribution in [0.5, 0.6) is 5.75 Å². The zero-order chi connectivity index (χ0) is 19.8. The fraction of sp³-hybridized carbons (Fsp3) is 0.708. The first-order valence-electron chi connectivity index (χ1n) is 10.8. The summed E-state index contributed by atoms with van der Waals surface area (Å²) in [4.78, 5) is 10.5. The molecule has 0 amide bonds. The van der Waals surface area contributed by atoms with E-state index in [-0.39, 0.29) is 5.60 Å². The SMILES string of the molecule is CC(C)(C)CCCCCCc1cccc(CCCCC2(OC=O)CC2)c1O. The number of hydrogen-bond acceptors (Lipinski definition) is 3. The molecule has 3 nitrogen and oxygen atoms in total. The Labute approximate surface area is 165 Å². The second kappa shape index (κ2) is 10.1. The van der Waals surface area contributed by atoms with Crippen LogP contribution in [0, 0.1) is 5.41 Å². The van der Waals surface area contributed by atoms with Gasteiger partial charge in [0, 0.05) is 0 Å². The predicted octanol–water partition coefficient (Wildman–Crippen LogP) is 6.35. The number of carbonyl (C=O) groups excluding carboxylic acids is 1. The van der Waals surface area contributed by atoms with Crippen molar-refractivity contribution in [2.45, 2.75) is 103 Å². The standard InChI is InChI=1S/C24H38O3/c1-23(2,3)15-8-5-4-6-11-20-13-10-14-21(22(20)26)12-7-9-16-24(17-18-24)27-19-25/h10,13-14,19,26H,4-9,11-12,15-18H2,1-3H3. The summed E-state index contributed by atoms with van der Waals surface area (Å²) in [6.07, 6.45) is 13.1. The number of rotatable bonds is 13. The fourth-order valence-corrected chi connectivity index (χ4v) is 3.80. The number of benzene rings is 1. The predicted molar refractivity (Wildman–Crippen MR) is 111 cm³/mol. The molecular weight excluding hydrogens is 336 g/mol. The number of aryl methyl sites for hydroxylation is 2. The first-order chi connectivity index (χ1) is 12.9. The van der Waals surface area contributed by atoms with Crippen LogP contribution in [0.15, 0.2) is 18.2 Å². The number of aromatic hydroxyl groups is 1. The van der Waals surface area contributed by atoms with Gasteiger partial charge in [-0.15, -0.1) is 0 Å². The Morgan fingerprint density at radius 3 is 2.15 bits per heavy atom. The first-order valence-corrected chi connectivity index (χ1v) is 10.8. The van der Waals surface area contributed by atoms with Crippen LogP contribution in [-0.2, 0) is 22.4 Å². The number of ether oxygens (including phenoxy) is 1. The van der Waals surface area contributed by atoms with Crippen LogP contribution >= 0.6 is 0 Å². The van der Waals surface area contributed by atoms with Crippen LogP contribution in [0.1, 0.15) is 96.1 Å². The molecule has 152 valence electrons. The van der Waals surface area contributed by atoms with Gasteiger partial charge in [-0.05, 0) is 74.3 Å². The highest BCUT2D eigenvalue weighted by Gasteiger charge is 2.44. The summed E-state index contributed by atoms with van der Waals surface area (Å²) in [6, 6.07) is 6.17. The number of phenolic OH excluding ortho intramolecular Hbond substituents is 1. The molecule has 0 aliphatic heterocycles. The highest BCUT2D eigenvalue weighted by Crippen LogP contribution is 2.43. The molecule has 1 N–H and O–H groups in total. The van der Waals surface area contributed by atoms with Gasteiger partial charge in [-0.3, -0.25) is 4.79 Å². The number of unbranched alkanes of at least 4 members (excludes halogenated alkanes) is 4. The second-order valence-electron chi connectivity index (χ2n) is 9.50. The molecule has 1 aromatic rings. The zero-order valence-electron chi connectivity index (χ0n) is 17.6. The minimum absolute atomic E-state index is 0.154. The summed E-state index contributed by atoms with van der Waals surface area (Å²) in [6.45, 7) is 7.49. The van der Waals surface area contributed by atoms with Gasteiger partial charge in [0.1, 0.15) is 11.4 Å². The van der Waals surface area contributed by atoms with Crippen molar-refractivity contribution in [2.75, 3.05) is 0 Å². The average molecular weight is 375 g/mol. The molecule has 1 aromatic carbocycles. The van der Waals surface area contributed by atoms with E-state index in [0.717, 1.165) is 62.5 Å². The van der Waals surface area contributed by atoms with Gasteiger partial charge in [-0.25, -0.2) is 0 Å². The molecule has 2 rings (SSSR count). The normalized spacial score (nSPS) is 15.5. The number of para-hydroxylation sites is 1. The Bertz CT molecular complexity index is 582. The van der Waals surface area contributed by atoms with E-state index in [9.17, 15) is 9.90 Å². The van der Waals surface area contributed by atoms with Crippen LogP contribution in [0.2, 0.25) is 0 Å². The first kappa shape index (κ1) is 21.8. The van der Waals surface area contributed by atoms with Crippen molar-refractivity contribution in [3.63, 3.8) is 0 Å². The molecule has 1 aliphatic carbocycles. The molecule has 0 radical (unpaired) electrons. The Morgan fingerprint density at radius 2 is 1.59 bits per heavy atom. The van der Waals surface area contributed by atoms with E-state index in [1.54, 1.807) is 0 Å². The molecule has 0 bridgehead atoms. The van der Waals surface area contributed by atoms with Crippen LogP contribution in [0.4, 0.5) is 0 Å². The van der Waals surface area contributed by atoms with Crippen LogP contribution in [0.3, 0.4) is 0 Å². The van der Waals surface area contributed by atoms with Gasteiger partial charge in [-0.2, -0.15) is 0 Å². The fourth-order valence-electron chi connectivity index (χ4n) is 3.80. The molecule has 0 aromatic heterocycles. The maximum Gasteiger partial charge on any atom is 0.293 e. The molecule has 0 unspecified atom stereocenters. The number of hydrogen-bond donors (Lipinski definition) is 1. The van der Waals surface area contributed by atoms with E-state index in [2.05, 4.69) is 32.9 Å². The summed E-state index contributed by atoms with van der Waals surface area (Å²) < 4.78 is 5.20. The maximum atomic E-state index is 10.6. The van der Waals surface area contributed by atoms with Gasteiger partial charge in [0.05, 0.1) is 0 Å². The van der Waals surface area contributed by atoms with Crippen molar-refractivity contribution < 1.29 is 14.6 Å². The van der Waals surface area contributed by atoms with Crippen LogP contribution in [0.25, 0.3) is 0 Å². The number of phenols is 1. The summed E-state index contributed by atoms with van der Waals surface area (Å²) in [5.41, 5.74) is 2.43. The van der Waals surface area contributed by atoms with Crippen molar-refractivity contribution in [1.82, 2.24) is 0 Å². The number of carbonyl (C=O) groups is 1. The van der Waals surface area contributed by atoms with Gasteiger partial charge in [0.25, 0.3) is 6.47 Å². The lowest BCUT2D eigenvalue weighted by Crippen LogP contribution is -2.12. The van der Waals surface area contributed by atoms with Gasteiger partial charge in [0.2, 0.25) is 0 Å². The van der Waals surface area contributed by atoms with Crippen molar-refractivity contribution in [2.24, 2.45) is 5.41 Å². The quantitative estimate of drug-likeness (QED) is 0.323. The Hall–Kier alpha value is -1.51. The van der Waals surface area contributed by atoms with E-state index in [1.165, 1.54) is 25.7 Å². The minimum Gasteiger partial charge on any atom is -0.507 e. The van der Waals surface area contributed by atoms with Crippen molar-refractivity contribution in [3.05, 3.63) is 29.3 Å². The lowest BCUT2D eigenvalue weighted by Gasteiger charge is -2.17. The average Bonchev–Trinajstić information content (AvgIpc) is 3.36. The van der Waals surface area contributed by atoms with Crippen molar-refractivity contribution in [3.8, 4) is 5.75 Å². The summed E-state index contributed by atoms with van der Waals surface area (Å²) in [5.74, 6) is 0.498. The molecule has 27 heavy (non-hydrogen) atoms. The van der Waals surface area contributed by atoms with Crippen LogP contribution < -0.4 is 0 Å². The molecule has 1 aliphatic rings. The highest BCUT2D eigenvalue weighted by molar-refractivity contribution is 5.40. The summed E-state index contributed by atoms with van der Waals surface area (Å²) in [5, 5.41) is 10.6. The lowest BCUT2D eigenvalue weighted by molar-refractivity contribution is -0.135. The van der Waals surface area contributed by atoms with Crippen molar-refractivity contribution >= 4 is 6.47 Å². The van der Waals surface area contributed by atoms with Crippen molar-refractivity contribution in [1.29, 1.82) is 0 Å². The van der Waals surface area contributed by atoms with E-state index >= 15 is 0 Å². The molecule has 0 saturated heterocycles. The zero-order valence-corrected chi connectivity index (χ0v) is 17.6. The van der Waals surface area contributed by atoms with E-state index in [0.29, 0.717) is 17.6 Å². The van der Waals surface area contributed by atoms with Gasteiger partial charge in [-0.1, -0.05) is 58.2 Å². The molecule has 0 heterocycles. The third-order valence-electron chi connectivity index (χ3n) is 5.76. The third-order valence-corrected chi connectivity index (χ3v) is 5.76. The smallest absolute Gasteiger partial charge is 0.293 e. The molecule has 1 saturated carbocycles. The summed E-state index contributed by atoms with van der Waals surface area (Å²) in [7, 11) is 0. The largest absolute Gasteiger partial charge is 0.507 e. The van der Waals surface area contributed by atoms with Gasteiger partial charge < -0.3 is 9.84 Å². The maximum absolute atomic E-state index is 10.6. The Balaban J connectivity index is 1.67. The Morgan fingerprint density at radius 1 is 1.00 bits per heavy atom. The minimum atomic E-state index is -0.154. The van der Waals surface area contributed by atoms with Gasteiger partial charge >= 0.3 is 0 Å². The second-order valence-corrected chi connectivity index (χ2v) is 9.50. The molecule has 0 atom stereocenters. The summed E-state index contributed by atoms with van der Waals surface area (Å²) >= 11 is 0. The monoisotopic (exact) mass is 374 g/mol. The van der Waals surface area contributed by atoms with Gasteiger partial charge in [0.15, 0.2) is 0 Å². The van der Waals surface area contributed by atoms with E-state index < -0.39 is 0 Å². The third kappa shape index (κ3) is 7.94. The molecule has 0 spiro atoms. The Kier molecular flexibility index (Phi) is 8.19. The molecular formula is C24H38O3. The topological polar surface area (TPSA) is 46.5 Å². The van der Waals surface area contributed by atoms with Crippen LogP contribution in [-0.4, -0.2) is 17.2 Å². The molecule has 1 fully saturated rings. The highest BCUT2D eigenvalue weighted by atomic mass is 16.5. The van der Waals surface area contributed by atoms with E-state index in [1.807, 2.05) is 6.07 Å². The lowest BCUT2D eigenvalue weighted by atomic mass is 9.89. The van der Waals surface area contributed by atoms with E-state index in [4.69, 9.17) is 4.74 Å². The molecule has 3 heteroatoms.